The second kappa shape index (κ2) is 3.63. The van der Waals surface area contributed by atoms with Crippen LogP contribution in [0, 0.1) is 28.1 Å². The molecule has 5 nitrogen and oxygen atoms in total. The molecule has 2 aliphatic carbocycles. The zero-order valence-electron chi connectivity index (χ0n) is 13.6. The Morgan fingerprint density at radius 1 is 1.00 bits per heavy atom. The maximum Gasteiger partial charge on any atom is 0.318 e. The van der Waals surface area contributed by atoms with E-state index in [9.17, 15) is 9.59 Å². The third-order valence-electron chi connectivity index (χ3n) is 7.50. The van der Waals surface area contributed by atoms with Gasteiger partial charge in [-0.2, -0.15) is 0 Å². The van der Waals surface area contributed by atoms with E-state index in [1.54, 1.807) is 0 Å². The molecule has 5 atom stereocenters. The maximum atomic E-state index is 12.4. The first-order valence-corrected chi connectivity index (χ1v) is 7.84. The number of carbonyl (C=O) groups is 2. The average molecular weight is 303 g/mol. The molecule has 2 bridgehead atoms. The van der Waals surface area contributed by atoms with Gasteiger partial charge in [0.05, 0.1) is 23.8 Å². The van der Waals surface area contributed by atoms with E-state index in [2.05, 4.69) is 39.6 Å². The van der Waals surface area contributed by atoms with Gasteiger partial charge in [0.25, 0.3) is 0 Å². The van der Waals surface area contributed by atoms with Crippen LogP contribution in [0.15, 0.2) is 16.1 Å². The van der Waals surface area contributed by atoms with E-state index in [0.717, 1.165) is 0 Å². The molecule has 0 amide bonds. The fourth-order valence-electron chi connectivity index (χ4n) is 5.88. The van der Waals surface area contributed by atoms with Crippen LogP contribution in [-0.4, -0.2) is 31.0 Å². The molecule has 22 heavy (non-hydrogen) atoms. The van der Waals surface area contributed by atoms with Crippen molar-refractivity contribution >= 4 is 17.8 Å². The number of carbonyl (C=O) groups excluding carboxylic acids is 2. The minimum Gasteiger partial charge on any atom is -0.479 e. The van der Waals surface area contributed by atoms with Crippen LogP contribution in [0.5, 0.6) is 0 Å². The lowest BCUT2D eigenvalue weighted by atomic mass is 9.59. The summed E-state index contributed by atoms with van der Waals surface area (Å²) in [4.78, 5) is 29.4. The van der Waals surface area contributed by atoms with Crippen molar-refractivity contribution in [2.45, 2.75) is 34.6 Å². The number of allylic oxidation sites excluding steroid dienone is 2. The van der Waals surface area contributed by atoms with Gasteiger partial charge in [-0.05, 0) is 20.8 Å². The Bertz CT molecular complexity index is 649. The van der Waals surface area contributed by atoms with Crippen LogP contribution in [0.1, 0.15) is 34.6 Å². The van der Waals surface area contributed by atoms with Crippen LogP contribution in [0.2, 0.25) is 0 Å². The number of rotatable bonds is 1. The van der Waals surface area contributed by atoms with Gasteiger partial charge in [-0.15, -0.1) is 0 Å². The van der Waals surface area contributed by atoms with Crippen molar-refractivity contribution in [2.24, 2.45) is 33.1 Å². The molecule has 0 spiro atoms. The molecular formula is C17H21NO4. The van der Waals surface area contributed by atoms with Gasteiger partial charge in [-0.3, -0.25) is 14.6 Å². The van der Waals surface area contributed by atoms with E-state index >= 15 is 0 Å². The minimum absolute atomic E-state index is 0.391. The zero-order valence-corrected chi connectivity index (χ0v) is 13.6. The summed E-state index contributed by atoms with van der Waals surface area (Å²) >= 11 is 0. The quantitative estimate of drug-likeness (QED) is 0.423. The van der Waals surface area contributed by atoms with E-state index in [0.29, 0.717) is 19.0 Å². The van der Waals surface area contributed by atoms with Crippen molar-refractivity contribution in [3.63, 3.8) is 0 Å². The van der Waals surface area contributed by atoms with Gasteiger partial charge in [-0.1, -0.05) is 25.0 Å². The summed E-state index contributed by atoms with van der Waals surface area (Å²) in [6, 6.07) is 0. The lowest BCUT2D eigenvalue weighted by molar-refractivity contribution is -0.157. The van der Waals surface area contributed by atoms with Crippen LogP contribution in [0.3, 0.4) is 0 Å². The number of hydrogen-bond acceptors (Lipinski definition) is 5. The van der Waals surface area contributed by atoms with Crippen LogP contribution in [0.4, 0.5) is 0 Å². The molecule has 0 N–H and O–H groups in total. The molecule has 2 heterocycles. The normalized spacial score (nSPS) is 49.4. The molecule has 0 radical (unpaired) electrons. The van der Waals surface area contributed by atoms with Crippen LogP contribution in [-0.2, 0) is 19.1 Å². The average Bonchev–Trinajstić information content (AvgIpc) is 3.15. The summed E-state index contributed by atoms with van der Waals surface area (Å²) in [7, 11) is 0. The number of ether oxygens (including phenoxy) is 2. The van der Waals surface area contributed by atoms with Crippen molar-refractivity contribution in [3.05, 3.63) is 11.1 Å². The van der Waals surface area contributed by atoms with Crippen LogP contribution in [0.25, 0.3) is 0 Å². The van der Waals surface area contributed by atoms with E-state index < -0.39 is 40.0 Å². The smallest absolute Gasteiger partial charge is 0.318 e. The fraction of sp³-hybridized carbons (Fsp3) is 0.706. The highest BCUT2D eigenvalue weighted by Crippen LogP contribution is 2.80. The molecule has 0 aromatic rings. The SMILES string of the molecule is CC1=C(C)[C@]2(C)[C@@H]3C(=O)OC(=O)[C@@H]3[C@@]1(C)C2(C)C1=NCCO1. The second-order valence-electron chi connectivity index (χ2n) is 7.51. The van der Waals surface area contributed by atoms with Gasteiger partial charge >= 0.3 is 11.9 Å². The fourth-order valence-corrected chi connectivity index (χ4v) is 5.88. The molecule has 1 saturated carbocycles. The van der Waals surface area contributed by atoms with Crippen molar-refractivity contribution < 1.29 is 19.1 Å². The van der Waals surface area contributed by atoms with Crippen molar-refractivity contribution in [2.75, 3.05) is 13.2 Å². The second-order valence-corrected chi connectivity index (χ2v) is 7.51. The highest BCUT2D eigenvalue weighted by molar-refractivity contribution is 6.03. The van der Waals surface area contributed by atoms with Gasteiger partial charge in [-0.25, -0.2) is 0 Å². The van der Waals surface area contributed by atoms with Crippen molar-refractivity contribution in [1.82, 2.24) is 0 Å². The molecule has 2 fully saturated rings. The van der Waals surface area contributed by atoms with Crippen molar-refractivity contribution in [3.8, 4) is 0 Å². The van der Waals surface area contributed by atoms with E-state index in [4.69, 9.17) is 9.47 Å². The summed E-state index contributed by atoms with van der Waals surface area (Å²) in [6.07, 6.45) is 0. The summed E-state index contributed by atoms with van der Waals surface area (Å²) in [5.41, 5.74) is 0.855. The summed E-state index contributed by atoms with van der Waals surface area (Å²) in [5, 5.41) is 0. The first-order chi connectivity index (χ1) is 10.2. The predicted octanol–water partition coefficient (Wildman–Crippen LogP) is 2.11. The Labute approximate surface area is 129 Å². The molecule has 4 aliphatic rings. The number of esters is 2. The molecule has 2 aliphatic heterocycles. The molecular weight excluding hydrogens is 282 g/mol. The lowest BCUT2D eigenvalue weighted by Crippen LogP contribution is -2.48. The minimum atomic E-state index is -0.497. The molecule has 1 saturated heterocycles. The standard InChI is InChI=1S/C17H21NO4/c1-8-9(2)16(4)11-10(12(19)22-13(11)20)15(8,3)17(16,5)14-18-6-7-21-14/h10-11H,6-7H2,1-5H3/t10-,11+,15+,16-,17?. The topological polar surface area (TPSA) is 65.0 Å². The molecule has 0 aromatic heterocycles. The first-order valence-electron chi connectivity index (χ1n) is 7.84. The Morgan fingerprint density at radius 3 is 1.91 bits per heavy atom. The third kappa shape index (κ3) is 1.03. The molecule has 118 valence electrons. The summed E-state index contributed by atoms with van der Waals surface area (Å²) in [5.74, 6) is -0.962. The molecule has 5 heteroatoms. The Hall–Kier alpha value is -1.65. The summed E-state index contributed by atoms with van der Waals surface area (Å²) < 4.78 is 10.9. The maximum absolute atomic E-state index is 12.4. The molecule has 1 unspecified atom stereocenters. The summed E-state index contributed by atoms with van der Waals surface area (Å²) in [6.45, 7) is 11.6. The van der Waals surface area contributed by atoms with E-state index in [1.807, 2.05) is 0 Å². The van der Waals surface area contributed by atoms with Crippen molar-refractivity contribution in [1.29, 1.82) is 0 Å². The van der Waals surface area contributed by atoms with Gasteiger partial charge < -0.3 is 9.47 Å². The lowest BCUT2D eigenvalue weighted by Gasteiger charge is -2.44. The number of hydrogen-bond donors (Lipinski definition) is 0. The van der Waals surface area contributed by atoms with E-state index in [-0.39, 0.29) is 0 Å². The number of aliphatic imine (C=N–C) groups is 1. The molecule has 4 rings (SSSR count). The number of cyclic esters (lactones) is 2. The van der Waals surface area contributed by atoms with Gasteiger partial charge in [0, 0.05) is 10.8 Å². The van der Waals surface area contributed by atoms with E-state index in [1.165, 1.54) is 11.1 Å². The predicted molar refractivity (Wildman–Crippen MR) is 79.0 cm³/mol. The van der Waals surface area contributed by atoms with Crippen LogP contribution >= 0.6 is 0 Å². The molecule has 0 aromatic carbocycles. The number of nitrogens with zero attached hydrogens (tertiary/aromatic N) is 1. The van der Waals surface area contributed by atoms with Gasteiger partial charge in [0.15, 0.2) is 5.90 Å². The van der Waals surface area contributed by atoms with Gasteiger partial charge in [0.1, 0.15) is 6.61 Å². The Morgan fingerprint density at radius 2 is 1.50 bits per heavy atom. The Kier molecular flexibility index (Phi) is 2.31. The first kappa shape index (κ1) is 14.0. The number of fused-ring (bicyclic) bond motifs is 5. The third-order valence-corrected chi connectivity index (χ3v) is 7.50. The zero-order chi connectivity index (χ0) is 16.1. The van der Waals surface area contributed by atoms with Gasteiger partial charge in [0.2, 0.25) is 0 Å². The highest BCUT2D eigenvalue weighted by Gasteiger charge is 2.83. The monoisotopic (exact) mass is 303 g/mol. The van der Waals surface area contributed by atoms with Crippen LogP contribution < -0.4 is 0 Å². The largest absolute Gasteiger partial charge is 0.479 e. The Balaban J connectivity index is 2.05. The highest BCUT2D eigenvalue weighted by atomic mass is 16.6.